The highest BCUT2D eigenvalue weighted by atomic mass is 35.5. The molecule has 2 N–H and O–H groups in total. The van der Waals surface area contributed by atoms with Crippen LogP contribution in [0.5, 0.6) is 0 Å². The Hall–Kier alpha value is -2.90. The fourth-order valence-corrected chi connectivity index (χ4v) is 4.03. The number of rotatable bonds is 5. The summed E-state index contributed by atoms with van der Waals surface area (Å²) in [7, 11) is 1.77. The van der Waals surface area contributed by atoms with Crippen LogP contribution in [0, 0.1) is 12.7 Å². The van der Waals surface area contributed by atoms with E-state index in [-0.39, 0.29) is 31.1 Å². The molecule has 0 unspecified atom stereocenters. The molecule has 0 radical (unpaired) electrons. The zero-order valence-electron chi connectivity index (χ0n) is 18.5. The van der Waals surface area contributed by atoms with E-state index in [4.69, 9.17) is 21.4 Å². The fourth-order valence-electron chi connectivity index (χ4n) is 3.82. The van der Waals surface area contributed by atoms with Crippen molar-refractivity contribution < 1.29 is 23.8 Å². The third-order valence-corrected chi connectivity index (χ3v) is 6.04. The van der Waals surface area contributed by atoms with Gasteiger partial charge in [0.25, 0.3) is 5.91 Å². The molecule has 8 heteroatoms. The Morgan fingerprint density at radius 2 is 1.91 bits per heavy atom. The lowest BCUT2D eigenvalue weighted by Crippen LogP contribution is -2.60. The summed E-state index contributed by atoms with van der Waals surface area (Å²) >= 11 is 6.40. The highest BCUT2D eigenvalue weighted by Gasteiger charge is 2.44. The van der Waals surface area contributed by atoms with Crippen LogP contribution in [0.1, 0.15) is 41.0 Å². The maximum atomic E-state index is 14.8. The van der Waals surface area contributed by atoms with Crippen LogP contribution >= 0.6 is 11.6 Å². The average molecular weight is 461 g/mol. The predicted octanol–water partition coefficient (Wildman–Crippen LogP) is 4.59. The Kier molecular flexibility index (Phi) is 6.91. The number of nitrogens with zero attached hydrogens (tertiary/aromatic N) is 1. The molecule has 0 atom stereocenters. The molecule has 1 aliphatic rings. The molecule has 4 rings (SSSR count). The van der Waals surface area contributed by atoms with Crippen molar-refractivity contribution >= 4 is 34.4 Å². The number of carbonyl (C=O) groups excluding carboxylic acids is 1. The molecule has 1 saturated heterocycles. The Balaban J connectivity index is 0.00000141. The highest BCUT2D eigenvalue weighted by Crippen LogP contribution is 2.34. The van der Waals surface area contributed by atoms with Crippen LogP contribution in [0.2, 0.25) is 5.02 Å². The monoisotopic (exact) mass is 460 g/mol. The van der Waals surface area contributed by atoms with E-state index >= 15 is 0 Å². The van der Waals surface area contributed by atoms with Gasteiger partial charge in [-0.2, -0.15) is 0 Å². The molecule has 1 amide bonds. The lowest BCUT2D eigenvalue weighted by Gasteiger charge is -2.42. The van der Waals surface area contributed by atoms with E-state index in [1.54, 1.807) is 23.7 Å². The molecule has 0 spiro atoms. The molecule has 1 aliphatic heterocycles. The molecule has 1 aromatic heterocycles. The Morgan fingerprint density at radius 3 is 2.47 bits per heavy atom. The average Bonchev–Trinajstić information content (AvgIpc) is 3.06. The molecule has 1 fully saturated rings. The minimum absolute atomic E-state index is 0.123. The SMILES string of the molecule is CC.Cc1ccc2c(cc(C(=O)NC3(c4ccc(CC(=O)O)cc4F)COC3)n2C)c1Cl. The smallest absolute Gasteiger partial charge is 0.307 e. The number of carboxylic acids is 1. The standard InChI is InChI=1S/C22H20ClFN2O4.C2H6/c1-12-3-6-17-14(20(12)23)9-18(26(17)2)21(29)25-22(10-30-11-22)15-5-4-13(7-16(15)24)8-19(27)28;1-2/h3-7,9H,8,10-11H2,1-2H3,(H,25,29)(H,27,28);1-2H3. The summed E-state index contributed by atoms with van der Waals surface area (Å²) in [6.07, 6.45) is -0.275. The number of ether oxygens (including phenoxy) is 1. The lowest BCUT2D eigenvalue weighted by atomic mass is 9.86. The van der Waals surface area contributed by atoms with Crippen LogP contribution in [-0.4, -0.2) is 34.8 Å². The maximum Gasteiger partial charge on any atom is 0.307 e. The van der Waals surface area contributed by atoms with Crippen molar-refractivity contribution in [2.75, 3.05) is 13.2 Å². The molecular weight excluding hydrogens is 435 g/mol. The highest BCUT2D eigenvalue weighted by molar-refractivity contribution is 6.36. The van der Waals surface area contributed by atoms with Gasteiger partial charge in [-0.05, 0) is 36.2 Å². The number of nitrogens with one attached hydrogen (secondary N) is 1. The zero-order valence-corrected chi connectivity index (χ0v) is 19.2. The van der Waals surface area contributed by atoms with E-state index < -0.39 is 17.3 Å². The second-order valence-electron chi connectivity index (χ2n) is 7.63. The first-order chi connectivity index (χ1) is 15.2. The number of hydrogen-bond donors (Lipinski definition) is 2. The second kappa shape index (κ2) is 9.30. The molecular formula is C24H26ClFN2O4. The first kappa shape index (κ1) is 23.8. The lowest BCUT2D eigenvalue weighted by molar-refractivity contribution is -0.136. The molecule has 3 aromatic rings. The van der Waals surface area contributed by atoms with E-state index in [0.29, 0.717) is 16.3 Å². The van der Waals surface area contributed by atoms with Crippen molar-refractivity contribution in [3.63, 3.8) is 0 Å². The summed E-state index contributed by atoms with van der Waals surface area (Å²) in [6.45, 7) is 6.14. The Bertz CT molecular complexity index is 1180. The van der Waals surface area contributed by atoms with Gasteiger partial charge in [0.2, 0.25) is 0 Å². The zero-order chi connectivity index (χ0) is 23.6. The number of benzene rings is 2. The second-order valence-corrected chi connectivity index (χ2v) is 8.01. The molecule has 0 bridgehead atoms. The summed E-state index contributed by atoms with van der Waals surface area (Å²) in [5, 5.41) is 13.2. The number of hydrogen-bond acceptors (Lipinski definition) is 3. The Labute approximate surface area is 190 Å². The largest absolute Gasteiger partial charge is 0.481 e. The minimum Gasteiger partial charge on any atom is -0.481 e. The molecule has 6 nitrogen and oxygen atoms in total. The van der Waals surface area contributed by atoms with Crippen molar-refractivity contribution in [3.05, 3.63) is 69.6 Å². The summed E-state index contributed by atoms with van der Waals surface area (Å²) < 4.78 is 21.8. The molecule has 0 saturated carbocycles. The minimum atomic E-state index is -1.04. The van der Waals surface area contributed by atoms with E-state index in [1.165, 1.54) is 12.1 Å². The molecule has 2 heterocycles. The third kappa shape index (κ3) is 4.23. The van der Waals surface area contributed by atoms with Crippen LogP contribution in [0.4, 0.5) is 4.39 Å². The van der Waals surface area contributed by atoms with Crippen molar-refractivity contribution in [3.8, 4) is 0 Å². The van der Waals surface area contributed by atoms with Crippen molar-refractivity contribution in [1.82, 2.24) is 9.88 Å². The van der Waals surface area contributed by atoms with Gasteiger partial charge >= 0.3 is 5.97 Å². The van der Waals surface area contributed by atoms with Gasteiger partial charge in [0.05, 0.1) is 24.7 Å². The van der Waals surface area contributed by atoms with Crippen LogP contribution in [0.3, 0.4) is 0 Å². The fraction of sp³-hybridized carbons (Fsp3) is 0.333. The number of aromatic nitrogens is 1. The molecule has 0 aliphatic carbocycles. The predicted molar refractivity (Wildman–Crippen MR) is 122 cm³/mol. The van der Waals surface area contributed by atoms with E-state index in [9.17, 15) is 14.0 Å². The van der Waals surface area contributed by atoms with Crippen LogP contribution in [0.15, 0.2) is 36.4 Å². The van der Waals surface area contributed by atoms with Gasteiger partial charge in [0.1, 0.15) is 17.1 Å². The molecule has 32 heavy (non-hydrogen) atoms. The van der Waals surface area contributed by atoms with Crippen LogP contribution in [0.25, 0.3) is 10.9 Å². The third-order valence-electron chi connectivity index (χ3n) is 5.54. The van der Waals surface area contributed by atoms with Crippen LogP contribution < -0.4 is 5.32 Å². The summed E-state index contributed by atoms with van der Waals surface area (Å²) in [5.41, 5.74) is 1.73. The van der Waals surface area contributed by atoms with Gasteiger partial charge in [-0.3, -0.25) is 9.59 Å². The normalized spacial score (nSPS) is 14.3. The number of fused-ring (bicyclic) bond motifs is 1. The number of carboxylic acid groups (broad SMARTS) is 1. The first-order valence-corrected chi connectivity index (χ1v) is 10.7. The van der Waals surface area contributed by atoms with Gasteiger partial charge in [-0.1, -0.05) is 43.6 Å². The van der Waals surface area contributed by atoms with Gasteiger partial charge in [-0.15, -0.1) is 0 Å². The number of aryl methyl sites for hydroxylation is 2. The van der Waals surface area contributed by atoms with E-state index in [1.807, 2.05) is 32.9 Å². The molecule has 170 valence electrons. The number of carbonyl (C=O) groups is 2. The summed E-state index contributed by atoms with van der Waals surface area (Å²) in [4.78, 5) is 24.0. The first-order valence-electron chi connectivity index (χ1n) is 10.4. The van der Waals surface area contributed by atoms with Crippen molar-refractivity contribution in [2.45, 2.75) is 32.7 Å². The number of aliphatic carboxylic acids is 1. The summed E-state index contributed by atoms with van der Waals surface area (Å²) in [5.74, 6) is -1.99. The maximum absolute atomic E-state index is 14.8. The van der Waals surface area contributed by atoms with E-state index in [2.05, 4.69) is 5.32 Å². The van der Waals surface area contributed by atoms with Gasteiger partial charge in [-0.25, -0.2) is 4.39 Å². The van der Waals surface area contributed by atoms with Crippen LogP contribution in [-0.2, 0) is 28.5 Å². The number of halogens is 2. The van der Waals surface area contributed by atoms with Gasteiger partial charge in [0.15, 0.2) is 0 Å². The molecule has 2 aromatic carbocycles. The topological polar surface area (TPSA) is 80.6 Å². The van der Waals surface area contributed by atoms with Gasteiger partial charge in [0, 0.05) is 23.5 Å². The van der Waals surface area contributed by atoms with Crippen molar-refractivity contribution in [2.24, 2.45) is 7.05 Å². The number of amides is 1. The van der Waals surface area contributed by atoms with E-state index in [0.717, 1.165) is 16.5 Å². The van der Waals surface area contributed by atoms with Crippen molar-refractivity contribution in [1.29, 1.82) is 0 Å². The Morgan fingerprint density at radius 1 is 1.22 bits per heavy atom. The quantitative estimate of drug-likeness (QED) is 0.583. The summed E-state index contributed by atoms with van der Waals surface area (Å²) in [6, 6.07) is 9.77. The van der Waals surface area contributed by atoms with Gasteiger partial charge < -0.3 is 19.7 Å².